The first-order valence-corrected chi connectivity index (χ1v) is 7.08. The lowest BCUT2D eigenvalue weighted by Gasteiger charge is -2.05. The number of anilines is 1. The van der Waals surface area contributed by atoms with E-state index >= 15 is 0 Å². The van der Waals surface area contributed by atoms with Gasteiger partial charge in [0.25, 0.3) is 0 Å². The third-order valence-electron chi connectivity index (χ3n) is 2.16. The van der Waals surface area contributed by atoms with Crippen LogP contribution in [0.4, 0.5) is 5.69 Å². The fraction of sp³-hybridized carbons (Fsp3) is 0.333. The van der Waals surface area contributed by atoms with Crippen LogP contribution < -0.4 is 5.32 Å². The minimum Gasteiger partial charge on any atom is -0.385 e. The van der Waals surface area contributed by atoms with Crippen LogP contribution in [0.1, 0.15) is 13.3 Å². The van der Waals surface area contributed by atoms with E-state index in [4.69, 9.17) is 0 Å². The Labute approximate surface area is 97.1 Å². The Balaban J connectivity index is 2.59. The maximum absolute atomic E-state index is 11.2. The monoisotopic (exact) mass is 239 g/mol. The quantitative estimate of drug-likeness (QED) is 0.634. The third-order valence-corrected chi connectivity index (χ3v) is 3.29. The van der Waals surface area contributed by atoms with Crippen molar-refractivity contribution in [2.45, 2.75) is 18.2 Å². The highest BCUT2D eigenvalue weighted by Crippen LogP contribution is 2.13. The van der Waals surface area contributed by atoms with Crippen molar-refractivity contribution < 1.29 is 8.42 Å². The molecule has 0 aliphatic heterocycles. The minimum atomic E-state index is -3.09. The minimum absolute atomic E-state index is 0.353. The van der Waals surface area contributed by atoms with E-state index in [2.05, 4.69) is 11.4 Å². The van der Waals surface area contributed by atoms with E-state index in [9.17, 15) is 8.42 Å². The molecule has 0 fully saturated rings. The zero-order valence-corrected chi connectivity index (χ0v) is 10.4. The van der Waals surface area contributed by atoms with Gasteiger partial charge < -0.3 is 5.32 Å². The van der Waals surface area contributed by atoms with Crippen molar-refractivity contribution in [2.24, 2.45) is 0 Å². The molecule has 0 spiro atoms. The lowest BCUT2D eigenvalue weighted by Crippen LogP contribution is -2.01. The molecule has 0 aliphatic carbocycles. The zero-order valence-electron chi connectivity index (χ0n) is 9.60. The molecule has 0 heterocycles. The van der Waals surface area contributed by atoms with Crippen LogP contribution in [0, 0.1) is 0 Å². The van der Waals surface area contributed by atoms with Gasteiger partial charge >= 0.3 is 0 Å². The van der Waals surface area contributed by atoms with E-state index in [1.165, 1.54) is 6.26 Å². The Bertz CT molecular complexity index is 446. The van der Waals surface area contributed by atoms with Crippen LogP contribution in [-0.4, -0.2) is 21.2 Å². The van der Waals surface area contributed by atoms with E-state index in [-0.39, 0.29) is 0 Å². The number of allylic oxidation sites excluding steroid dienone is 1. The van der Waals surface area contributed by atoms with Gasteiger partial charge in [0.1, 0.15) is 0 Å². The van der Waals surface area contributed by atoms with E-state index < -0.39 is 9.84 Å². The Morgan fingerprint density at radius 1 is 1.25 bits per heavy atom. The molecule has 0 saturated carbocycles. The highest BCUT2D eigenvalue weighted by Gasteiger charge is 2.05. The molecule has 0 unspecified atom stereocenters. The van der Waals surface area contributed by atoms with Gasteiger partial charge in [-0.25, -0.2) is 8.42 Å². The summed E-state index contributed by atoms with van der Waals surface area (Å²) >= 11 is 0. The summed E-state index contributed by atoms with van der Waals surface area (Å²) in [6, 6.07) is 6.80. The molecular weight excluding hydrogens is 222 g/mol. The summed E-state index contributed by atoms with van der Waals surface area (Å²) in [6.07, 6.45) is 6.26. The number of sulfone groups is 1. The predicted molar refractivity (Wildman–Crippen MR) is 67.5 cm³/mol. The van der Waals surface area contributed by atoms with E-state index in [1.807, 2.05) is 13.0 Å². The summed E-state index contributed by atoms with van der Waals surface area (Å²) in [7, 11) is -3.09. The largest absolute Gasteiger partial charge is 0.385 e. The maximum Gasteiger partial charge on any atom is 0.175 e. The Morgan fingerprint density at radius 3 is 2.38 bits per heavy atom. The molecule has 0 bridgehead atoms. The molecule has 4 heteroatoms. The van der Waals surface area contributed by atoms with Gasteiger partial charge in [-0.05, 0) is 37.6 Å². The molecular formula is C12H17NO2S. The van der Waals surface area contributed by atoms with Gasteiger partial charge in [0.2, 0.25) is 0 Å². The highest BCUT2D eigenvalue weighted by atomic mass is 32.2. The number of rotatable bonds is 5. The van der Waals surface area contributed by atoms with Gasteiger partial charge in [0, 0.05) is 18.5 Å². The van der Waals surface area contributed by atoms with Gasteiger partial charge in [0.05, 0.1) is 4.90 Å². The molecule has 0 aromatic heterocycles. The van der Waals surface area contributed by atoms with Crippen molar-refractivity contribution in [1.82, 2.24) is 0 Å². The van der Waals surface area contributed by atoms with Gasteiger partial charge in [-0.2, -0.15) is 0 Å². The van der Waals surface area contributed by atoms with Crippen LogP contribution in [0.2, 0.25) is 0 Å². The zero-order chi connectivity index (χ0) is 12.0. The van der Waals surface area contributed by atoms with E-state index in [1.54, 1.807) is 24.3 Å². The first kappa shape index (κ1) is 12.8. The Kier molecular flexibility index (Phi) is 4.55. The molecule has 0 aliphatic rings. The number of benzene rings is 1. The maximum atomic E-state index is 11.2. The molecule has 0 atom stereocenters. The van der Waals surface area contributed by atoms with Crippen molar-refractivity contribution >= 4 is 15.5 Å². The van der Waals surface area contributed by atoms with Gasteiger partial charge in [-0.1, -0.05) is 12.2 Å². The van der Waals surface area contributed by atoms with Crippen LogP contribution in [0.15, 0.2) is 41.3 Å². The first-order chi connectivity index (χ1) is 7.54. The van der Waals surface area contributed by atoms with Gasteiger partial charge in [0.15, 0.2) is 9.84 Å². The average Bonchev–Trinajstić information content (AvgIpc) is 2.24. The number of hydrogen-bond acceptors (Lipinski definition) is 3. The number of hydrogen-bond donors (Lipinski definition) is 1. The molecule has 3 nitrogen and oxygen atoms in total. The average molecular weight is 239 g/mol. The summed E-state index contributed by atoms with van der Waals surface area (Å²) in [6.45, 7) is 2.84. The second-order valence-electron chi connectivity index (χ2n) is 3.58. The topological polar surface area (TPSA) is 46.2 Å². The summed E-state index contributed by atoms with van der Waals surface area (Å²) in [5.41, 5.74) is 0.942. The second-order valence-corrected chi connectivity index (χ2v) is 5.60. The second kappa shape index (κ2) is 5.70. The van der Waals surface area contributed by atoms with Crippen LogP contribution >= 0.6 is 0 Å². The highest BCUT2D eigenvalue weighted by molar-refractivity contribution is 7.90. The normalized spacial score (nSPS) is 11.9. The Hall–Kier alpha value is -1.29. The van der Waals surface area contributed by atoms with E-state index in [0.29, 0.717) is 4.90 Å². The summed E-state index contributed by atoms with van der Waals surface area (Å²) < 4.78 is 22.4. The smallest absolute Gasteiger partial charge is 0.175 e. The van der Waals surface area contributed by atoms with Crippen LogP contribution in [0.5, 0.6) is 0 Å². The molecule has 1 N–H and O–H groups in total. The fourth-order valence-electron chi connectivity index (χ4n) is 1.29. The standard InChI is InChI=1S/C12H17NO2S/c1-3-4-5-10-13-11-6-8-12(9-7-11)16(2,14)15/h3-4,6-9,13H,5,10H2,1-2H3/b4-3+. The van der Waals surface area contributed by atoms with Crippen molar-refractivity contribution in [3.63, 3.8) is 0 Å². The summed E-state index contributed by atoms with van der Waals surface area (Å²) in [4.78, 5) is 0.353. The molecule has 0 saturated heterocycles. The molecule has 88 valence electrons. The van der Waals surface area contributed by atoms with Crippen molar-refractivity contribution in [3.05, 3.63) is 36.4 Å². The predicted octanol–water partition coefficient (Wildman–Crippen LogP) is 2.47. The SMILES string of the molecule is C/C=C/CCNc1ccc(S(C)(=O)=O)cc1. The lowest BCUT2D eigenvalue weighted by molar-refractivity contribution is 0.602. The summed E-state index contributed by atoms with van der Waals surface area (Å²) in [5, 5.41) is 3.21. The molecule has 1 aromatic rings. The third kappa shape index (κ3) is 4.06. The first-order valence-electron chi connectivity index (χ1n) is 5.19. The van der Waals surface area contributed by atoms with Crippen molar-refractivity contribution in [1.29, 1.82) is 0 Å². The fourth-order valence-corrected chi connectivity index (χ4v) is 1.92. The molecule has 1 aromatic carbocycles. The molecule has 16 heavy (non-hydrogen) atoms. The molecule has 0 amide bonds. The summed E-state index contributed by atoms with van der Waals surface area (Å²) in [5.74, 6) is 0. The van der Waals surface area contributed by atoms with Crippen LogP contribution in [0.3, 0.4) is 0 Å². The lowest BCUT2D eigenvalue weighted by atomic mass is 10.3. The molecule has 1 rings (SSSR count). The van der Waals surface area contributed by atoms with E-state index in [0.717, 1.165) is 18.7 Å². The Morgan fingerprint density at radius 2 is 1.88 bits per heavy atom. The van der Waals surface area contributed by atoms with Crippen molar-refractivity contribution in [2.75, 3.05) is 18.1 Å². The van der Waals surface area contributed by atoms with Crippen LogP contribution in [-0.2, 0) is 9.84 Å². The van der Waals surface area contributed by atoms with Crippen LogP contribution in [0.25, 0.3) is 0 Å². The van der Waals surface area contributed by atoms with Crippen molar-refractivity contribution in [3.8, 4) is 0 Å². The van der Waals surface area contributed by atoms with Gasteiger partial charge in [-0.15, -0.1) is 0 Å². The van der Waals surface area contributed by atoms with Gasteiger partial charge in [-0.3, -0.25) is 0 Å². The number of nitrogens with one attached hydrogen (secondary N) is 1. The molecule has 0 radical (unpaired) electrons.